The van der Waals surface area contributed by atoms with Crippen molar-refractivity contribution in [1.29, 1.82) is 0 Å². The van der Waals surface area contributed by atoms with Crippen molar-refractivity contribution < 1.29 is 9.53 Å². The molecule has 0 atom stereocenters. The minimum atomic E-state index is -0.603. The molecule has 0 aliphatic rings. The van der Waals surface area contributed by atoms with E-state index in [1.54, 1.807) is 27.7 Å². The molecule has 0 rings (SSSR count). The van der Waals surface area contributed by atoms with E-state index in [9.17, 15) is 4.79 Å². The Kier molecular flexibility index (Phi) is 8.63. The van der Waals surface area contributed by atoms with Gasteiger partial charge in [-0.05, 0) is 39.5 Å². The first kappa shape index (κ1) is 16.1. The Morgan fingerprint density at radius 2 is 1.80 bits per heavy atom. The summed E-state index contributed by atoms with van der Waals surface area (Å²) in [6.45, 7) is 11.1. The first-order valence-electron chi connectivity index (χ1n) is 5.00. The fraction of sp³-hybridized carbons (Fsp3) is 0.636. The van der Waals surface area contributed by atoms with Crippen molar-refractivity contribution in [2.45, 2.75) is 47.1 Å². The molecule has 0 aromatic rings. The van der Waals surface area contributed by atoms with Crippen LogP contribution in [0, 0.1) is 0 Å². The van der Waals surface area contributed by atoms with Gasteiger partial charge in [0.15, 0.2) is 0 Å². The summed E-state index contributed by atoms with van der Waals surface area (Å²) in [5.74, 6) is 0. The van der Waals surface area contributed by atoms with Crippen LogP contribution in [0.2, 0.25) is 0 Å². The first-order chi connectivity index (χ1) is 6.85. The second-order valence-corrected chi connectivity index (χ2v) is 3.65. The van der Waals surface area contributed by atoms with Crippen LogP contribution in [0.3, 0.4) is 0 Å². The maximum atomic E-state index is 11.0. The van der Waals surface area contributed by atoms with Crippen LogP contribution in [-0.4, -0.2) is 17.9 Å². The van der Waals surface area contributed by atoms with Gasteiger partial charge >= 0.3 is 6.09 Å². The number of nitrogens with two attached hydrogens (primary N) is 1. The van der Waals surface area contributed by atoms with Crippen LogP contribution in [0.25, 0.3) is 0 Å². The van der Waals surface area contributed by atoms with Crippen molar-refractivity contribution in [2.75, 3.05) is 0 Å². The van der Waals surface area contributed by atoms with Crippen LogP contribution < -0.4 is 5.73 Å². The first-order valence-corrected chi connectivity index (χ1v) is 5.00. The number of carbonyl (C=O) groups excluding carboxylic acids is 1. The number of nitrogens with zero attached hydrogens (tertiary/aromatic N) is 1. The molecule has 4 nitrogen and oxygen atoms in total. The highest BCUT2D eigenvalue weighted by Crippen LogP contribution is 2.07. The average Bonchev–Trinajstić information content (AvgIpc) is 2.14. The summed E-state index contributed by atoms with van der Waals surface area (Å²) in [5.41, 5.74) is 5.39. The third kappa shape index (κ3) is 12.7. The molecular formula is C11H22N2O2. The lowest BCUT2D eigenvalue weighted by atomic mass is 10.2. The minimum absolute atomic E-state index is 0.505. The van der Waals surface area contributed by atoms with Gasteiger partial charge in [-0.2, -0.15) is 4.99 Å². The summed E-state index contributed by atoms with van der Waals surface area (Å²) in [6, 6.07) is 0. The SMILES string of the molecule is CC.CC(=C/N)/C=N/C(=O)OC(C)(C)C. The van der Waals surface area contributed by atoms with Crippen LogP contribution in [0.1, 0.15) is 41.5 Å². The minimum Gasteiger partial charge on any atom is -0.442 e. The predicted molar refractivity (Wildman–Crippen MR) is 64.0 cm³/mol. The number of amides is 1. The molecule has 0 aliphatic heterocycles. The van der Waals surface area contributed by atoms with Gasteiger partial charge in [0, 0.05) is 6.21 Å². The zero-order valence-corrected chi connectivity index (χ0v) is 10.5. The number of allylic oxidation sites excluding steroid dienone is 1. The van der Waals surface area contributed by atoms with Crippen molar-refractivity contribution in [2.24, 2.45) is 10.7 Å². The molecule has 4 heteroatoms. The van der Waals surface area contributed by atoms with E-state index < -0.39 is 11.7 Å². The van der Waals surface area contributed by atoms with Gasteiger partial charge in [-0.15, -0.1) is 0 Å². The Hall–Kier alpha value is -1.32. The van der Waals surface area contributed by atoms with E-state index in [4.69, 9.17) is 10.5 Å². The maximum absolute atomic E-state index is 11.0. The van der Waals surface area contributed by atoms with Crippen molar-refractivity contribution >= 4 is 12.3 Å². The van der Waals surface area contributed by atoms with E-state index in [1.807, 2.05) is 13.8 Å². The Morgan fingerprint density at radius 1 is 1.33 bits per heavy atom. The summed E-state index contributed by atoms with van der Waals surface area (Å²) in [6.07, 6.45) is 2.13. The number of ether oxygens (including phenoxy) is 1. The Morgan fingerprint density at radius 3 is 2.13 bits per heavy atom. The zero-order chi connectivity index (χ0) is 12.5. The van der Waals surface area contributed by atoms with Crippen molar-refractivity contribution in [3.63, 3.8) is 0 Å². The van der Waals surface area contributed by atoms with Gasteiger partial charge in [0.25, 0.3) is 0 Å². The fourth-order valence-corrected chi connectivity index (χ4v) is 0.486. The molecule has 0 saturated heterocycles. The zero-order valence-electron chi connectivity index (χ0n) is 10.5. The quantitative estimate of drug-likeness (QED) is 0.682. The van der Waals surface area contributed by atoms with Crippen LogP contribution in [0.4, 0.5) is 4.79 Å². The lowest BCUT2D eigenvalue weighted by Gasteiger charge is -2.16. The van der Waals surface area contributed by atoms with E-state index in [2.05, 4.69) is 4.99 Å². The number of aliphatic imine (C=N–C) groups is 1. The Balaban J connectivity index is 0. The van der Waals surface area contributed by atoms with Crippen molar-refractivity contribution in [1.82, 2.24) is 0 Å². The molecule has 0 aromatic heterocycles. The van der Waals surface area contributed by atoms with Gasteiger partial charge in [0.05, 0.1) is 0 Å². The highest BCUT2D eigenvalue weighted by atomic mass is 16.6. The molecule has 1 amide bonds. The topological polar surface area (TPSA) is 64.7 Å². The van der Waals surface area contributed by atoms with Crippen LogP contribution in [0.15, 0.2) is 16.8 Å². The third-order valence-corrected chi connectivity index (χ3v) is 1.03. The molecule has 88 valence electrons. The molecular weight excluding hydrogens is 192 g/mol. The molecule has 2 N–H and O–H groups in total. The summed E-state index contributed by atoms with van der Waals surface area (Å²) >= 11 is 0. The lowest BCUT2D eigenvalue weighted by Crippen LogP contribution is -2.21. The van der Waals surface area contributed by atoms with E-state index in [1.165, 1.54) is 12.4 Å². The van der Waals surface area contributed by atoms with Gasteiger partial charge in [-0.3, -0.25) is 0 Å². The monoisotopic (exact) mass is 214 g/mol. The molecule has 0 radical (unpaired) electrons. The Bertz CT molecular complexity index is 237. The smallest absolute Gasteiger partial charge is 0.434 e. The largest absolute Gasteiger partial charge is 0.442 e. The summed E-state index contributed by atoms with van der Waals surface area (Å²) in [4.78, 5) is 14.5. The van der Waals surface area contributed by atoms with E-state index >= 15 is 0 Å². The van der Waals surface area contributed by atoms with E-state index in [0.29, 0.717) is 5.57 Å². The van der Waals surface area contributed by atoms with Gasteiger partial charge in [-0.25, -0.2) is 4.79 Å². The lowest BCUT2D eigenvalue weighted by molar-refractivity contribution is 0.0605. The molecule has 15 heavy (non-hydrogen) atoms. The summed E-state index contributed by atoms with van der Waals surface area (Å²) in [7, 11) is 0. The van der Waals surface area contributed by atoms with Gasteiger partial charge in [0.1, 0.15) is 5.60 Å². The molecule has 0 bridgehead atoms. The summed E-state index contributed by atoms with van der Waals surface area (Å²) < 4.78 is 4.93. The summed E-state index contributed by atoms with van der Waals surface area (Å²) in [5, 5.41) is 0. The third-order valence-electron chi connectivity index (χ3n) is 1.03. The van der Waals surface area contributed by atoms with Crippen LogP contribution >= 0.6 is 0 Å². The van der Waals surface area contributed by atoms with Crippen LogP contribution in [0.5, 0.6) is 0 Å². The second kappa shape index (κ2) is 8.03. The highest BCUT2D eigenvalue weighted by Gasteiger charge is 2.14. The molecule has 0 aromatic carbocycles. The van der Waals surface area contributed by atoms with Crippen LogP contribution in [-0.2, 0) is 4.74 Å². The van der Waals surface area contributed by atoms with Gasteiger partial charge < -0.3 is 10.5 Å². The van der Waals surface area contributed by atoms with Gasteiger partial charge in [0.2, 0.25) is 0 Å². The van der Waals surface area contributed by atoms with Gasteiger partial charge in [-0.1, -0.05) is 13.8 Å². The van der Waals surface area contributed by atoms with E-state index in [-0.39, 0.29) is 0 Å². The highest BCUT2D eigenvalue weighted by molar-refractivity contribution is 5.87. The second-order valence-electron chi connectivity index (χ2n) is 3.65. The van der Waals surface area contributed by atoms with E-state index in [0.717, 1.165) is 0 Å². The average molecular weight is 214 g/mol. The molecule has 0 heterocycles. The van der Waals surface area contributed by atoms with Crippen molar-refractivity contribution in [3.05, 3.63) is 11.8 Å². The normalized spacial score (nSPS) is 12.0. The molecule has 0 spiro atoms. The van der Waals surface area contributed by atoms with Crippen molar-refractivity contribution in [3.8, 4) is 0 Å². The molecule has 0 fully saturated rings. The molecule has 0 saturated carbocycles. The number of carbonyl (C=O) groups is 1. The Labute approximate surface area is 92.2 Å². The number of rotatable bonds is 1. The fourth-order valence-electron chi connectivity index (χ4n) is 0.486. The standard InChI is InChI=1S/C9H16N2O2.C2H6/c1-7(5-10)6-11-8(12)13-9(2,3)4;1-2/h5-6H,10H2,1-4H3;1-2H3/b7-5-,11-6+;. The predicted octanol–water partition coefficient (Wildman–Crippen LogP) is 2.88. The number of hydrogen-bond donors (Lipinski definition) is 1. The molecule has 0 unspecified atom stereocenters. The maximum Gasteiger partial charge on any atom is 0.434 e. The number of hydrogen-bond acceptors (Lipinski definition) is 3. The molecule has 0 aliphatic carbocycles.